The molecule has 0 spiro atoms. The molecule has 1 heterocycles. The number of carbonyl (C=O) groups is 2. The summed E-state index contributed by atoms with van der Waals surface area (Å²) in [5.41, 5.74) is -0.00901. The van der Waals surface area contributed by atoms with Gasteiger partial charge in [0.2, 0.25) is 11.8 Å². The first-order valence-corrected chi connectivity index (χ1v) is 8.96. The van der Waals surface area contributed by atoms with Crippen molar-refractivity contribution in [2.45, 2.75) is 39.3 Å². The van der Waals surface area contributed by atoms with Crippen molar-refractivity contribution < 1.29 is 14.3 Å². The third-order valence-corrected chi connectivity index (χ3v) is 3.75. The van der Waals surface area contributed by atoms with Crippen LogP contribution in [-0.2, 0) is 4.79 Å². The summed E-state index contributed by atoms with van der Waals surface area (Å²) in [5.74, 6) is 0.395. The van der Waals surface area contributed by atoms with Gasteiger partial charge >= 0.3 is 0 Å². The van der Waals surface area contributed by atoms with Gasteiger partial charge in [-0.3, -0.25) is 9.59 Å². The molecule has 1 atom stereocenters. The van der Waals surface area contributed by atoms with Crippen LogP contribution in [-0.4, -0.2) is 28.4 Å². The van der Waals surface area contributed by atoms with E-state index in [2.05, 4.69) is 31.5 Å². The number of hydrogen-bond donors (Lipinski definition) is 2. The minimum atomic E-state index is -0.653. The van der Waals surface area contributed by atoms with Crippen LogP contribution < -0.4 is 15.4 Å². The van der Waals surface area contributed by atoms with Crippen molar-refractivity contribution in [1.29, 1.82) is 0 Å². The van der Waals surface area contributed by atoms with Gasteiger partial charge < -0.3 is 15.4 Å². The van der Waals surface area contributed by atoms with Crippen molar-refractivity contribution in [3.63, 3.8) is 0 Å². The van der Waals surface area contributed by atoms with E-state index < -0.39 is 6.04 Å². The van der Waals surface area contributed by atoms with E-state index in [0.29, 0.717) is 17.2 Å². The van der Waals surface area contributed by atoms with Crippen LogP contribution in [0.4, 0.5) is 0 Å². The number of hydrogen-bond acceptors (Lipinski definition) is 4. The van der Waals surface area contributed by atoms with Gasteiger partial charge in [-0.25, -0.2) is 4.98 Å². The van der Waals surface area contributed by atoms with E-state index in [1.54, 1.807) is 19.1 Å². The lowest BCUT2D eigenvalue weighted by molar-refractivity contribution is -0.124. The van der Waals surface area contributed by atoms with Crippen LogP contribution in [0.3, 0.4) is 0 Å². The van der Waals surface area contributed by atoms with Crippen LogP contribution in [0.5, 0.6) is 11.6 Å². The lowest BCUT2D eigenvalue weighted by Gasteiger charge is -2.23. The van der Waals surface area contributed by atoms with Gasteiger partial charge in [0.15, 0.2) is 0 Å². The van der Waals surface area contributed by atoms with Crippen LogP contribution in [0.2, 0.25) is 0 Å². The Labute approximate surface area is 161 Å². The van der Waals surface area contributed by atoms with Gasteiger partial charge in [0.05, 0.1) is 5.56 Å². The largest absolute Gasteiger partial charge is 0.439 e. The molecule has 26 heavy (non-hydrogen) atoms. The molecular weight excluding hydrogens is 398 g/mol. The van der Waals surface area contributed by atoms with E-state index in [-0.39, 0.29) is 17.4 Å². The Bertz CT molecular complexity index is 785. The van der Waals surface area contributed by atoms with Crippen LogP contribution in [0, 0.1) is 0 Å². The first kappa shape index (κ1) is 19.9. The molecule has 6 nitrogen and oxygen atoms in total. The molecule has 2 amide bonds. The number of carbonyl (C=O) groups excluding carboxylic acids is 2. The van der Waals surface area contributed by atoms with Crippen molar-refractivity contribution >= 4 is 27.7 Å². The molecule has 0 saturated heterocycles. The highest BCUT2D eigenvalue weighted by Gasteiger charge is 2.21. The van der Waals surface area contributed by atoms with Crippen LogP contribution in [0.25, 0.3) is 0 Å². The van der Waals surface area contributed by atoms with E-state index >= 15 is 0 Å². The molecule has 138 valence electrons. The van der Waals surface area contributed by atoms with Crippen molar-refractivity contribution in [3.05, 3.63) is 52.6 Å². The Morgan fingerprint density at radius 3 is 2.50 bits per heavy atom. The van der Waals surface area contributed by atoms with Crippen molar-refractivity contribution in [2.24, 2.45) is 0 Å². The Kier molecular flexibility index (Phi) is 6.37. The summed E-state index contributed by atoms with van der Waals surface area (Å²) in [7, 11) is 0. The lowest BCUT2D eigenvalue weighted by Crippen LogP contribution is -2.50. The van der Waals surface area contributed by atoms with Gasteiger partial charge in [0.1, 0.15) is 11.8 Å². The molecule has 0 aliphatic rings. The van der Waals surface area contributed by atoms with E-state index in [9.17, 15) is 9.59 Å². The summed E-state index contributed by atoms with van der Waals surface area (Å²) < 4.78 is 6.53. The average Bonchev–Trinajstić information content (AvgIpc) is 2.54. The van der Waals surface area contributed by atoms with Gasteiger partial charge in [-0.15, -0.1) is 0 Å². The molecule has 1 aromatic carbocycles. The standard InChI is InChI=1S/C19H22BrN3O3/c1-12(17(24)23-19(2,3)4)22-18(25)13-8-9-16(21-11-13)26-15-7-5-6-14(20)10-15/h5-12H,1-4H3,(H,22,25)(H,23,24). The summed E-state index contributed by atoms with van der Waals surface area (Å²) in [6, 6.07) is 9.93. The predicted octanol–water partition coefficient (Wildman–Crippen LogP) is 3.67. The van der Waals surface area contributed by atoms with Gasteiger partial charge in [-0.2, -0.15) is 0 Å². The van der Waals surface area contributed by atoms with E-state index in [1.165, 1.54) is 6.20 Å². The van der Waals surface area contributed by atoms with E-state index in [4.69, 9.17) is 4.74 Å². The first-order valence-electron chi connectivity index (χ1n) is 8.16. The van der Waals surface area contributed by atoms with Gasteiger partial charge in [0.25, 0.3) is 5.91 Å². The maximum absolute atomic E-state index is 12.3. The number of amides is 2. The number of nitrogens with one attached hydrogen (secondary N) is 2. The number of benzene rings is 1. The quantitative estimate of drug-likeness (QED) is 0.774. The van der Waals surface area contributed by atoms with Crippen LogP contribution in [0.15, 0.2) is 47.1 Å². The molecule has 0 radical (unpaired) electrons. The molecule has 0 aliphatic heterocycles. The second-order valence-corrected chi connectivity index (χ2v) is 7.79. The van der Waals surface area contributed by atoms with Crippen LogP contribution >= 0.6 is 15.9 Å². The lowest BCUT2D eigenvalue weighted by atomic mass is 10.1. The van der Waals surface area contributed by atoms with Gasteiger partial charge in [-0.1, -0.05) is 22.0 Å². The molecule has 0 saturated carbocycles. The first-order chi connectivity index (χ1) is 12.1. The molecule has 0 aliphatic carbocycles. The predicted molar refractivity (Wildman–Crippen MR) is 103 cm³/mol. The summed E-state index contributed by atoms with van der Waals surface area (Å²) >= 11 is 3.37. The van der Waals surface area contributed by atoms with E-state index in [1.807, 2.05) is 45.0 Å². The zero-order valence-corrected chi connectivity index (χ0v) is 16.8. The number of rotatable bonds is 5. The molecular formula is C19H22BrN3O3. The minimum Gasteiger partial charge on any atom is -0.439 e. The fourth-order valence-corrected chi connectivity index (χ4v) is 2.43. The Morgan fingerprint density at radius 2 is 1.92 bits per heavy atom. The Balaban J connectivity index is 1.97. The average molecular weight is 420 g/mol. The van der Waals surface area contributed by atoms with Crippen molar-refractivity contribution in [2.75, 3.05) is 0 Å². The fourth-order valence-electron chi connectivity index (χ4n) is 2.05. The molecule has 0 bridgehead atoms. The SMILES string of the molecule is CC(NC(=O)c1ccc(Oc2cccc(Br)c2)nc1)C(=O)NC(C)(C)C. The molecule has 2 N–H and O–H groups in total. The van der Waals surface area contributed by atoms with Crippen molar-refractivity contribution in [3.8, 4) is 11.6 Å². The topological polar surface area (TPSA) is 80.3 Å². The smallest absolute Gasteiger partial charge is 0.253 e. The molecule has 2 rings (SSSR count). The molecule has 0 fully saturated rings. The monoisotopic (exact) mass is 419 g/mol. The number of aromatic nitrogens is 1. The van der Waals surface area contributed by atoms with Crippen LogP contribution in [0.1, 0.15) is 38.1 Å². The Morgan fingerprint density at radius 1 is 1.19 bits per heavy atom. The third-order valence-electron chi connectivity index (χ3n) is 3.26. The third kappa shape index (κ3) is 6.15. The molecule has 2 aromatic rings. The normalized spacial score (nSPS) is 12.2. The summed E-state index contributed by atoms with van der Waals surface area (Å²) in [4.78, 5) is 28.4. The van der Waals surface area contributed by atoms with Gasteiger partial charge in [0, 0.05) is 22.3 Å². The number of nitrogens with zero attached hydrogens (tertiary/aromatic N) is 1. The highest BCUT2D eigenvalue weighted by atomic mass is 79.9. The second-order valence-electron chi connectivity index (χ2n) is 6.88. The number of halogens is 1. The van der Waals surface area contributed by atoms with Crippen molar-refractivity contribution in [1.82, 2.24) is 15.6 Å². The second kappa shape index (κ2) is 8.31. The van der Waals surface area contributed by atoms with Gasteiger partial charge in [-0.05, 0) is 52.0 Å². The highest BCUT2D eigenvalue weighted by Crippen LogP contribution is 2.22. The highest BCUT2D eigenvalue weighted by molar-refractivity contribution is 9.10. The minimum absolute atomic E-state index is 0.242. The molecule has 7 heteroatoms. The number of ether oxygens (including phenoxy) is 1. The zero-order valence-electron chi connectivity index (χ0n) is 15.2. The summed E-state index contributed by atoms with van der Waals surface area (Å²) in [6.45, 7) is 7.28. The fraction of sp³-hybridized carbons (Fsp3) is 0.316. The van der Waals surface area contributed by atoms with E-state index in [0.717, 1.165) is 4.47 Å². The molecule has 1 aromatic heterocycles. The Hall–Kier alpha value is -2.41. The maximum Gasteiger partial charge on any atom is 0.253 e. The number of pyridine rings is 1. The molecule has 1 unspecified atom stereocenters. The maximum atomic E-state index is 12.3. The summed E-state index contributed by atoms with van der Waals surface area (Å²) in [5, 5.41) is 5.48. The zero-order chi connectivity index (χ0) is 19.3. The summed E-state index contributed by atoms with van der Waals surface area (Å²) in [6.07, 6.45) is 1.41.